The molecule has 0 unspecified atom stereocenters. The third kappa shape index (κ3) is 5.99. The van der Waals surface area contributed by atoms with Crippen molar-refractivity contribution in [2.24, 2.45) is 0 Å². The van der Waals surface area contributed by atoms with Crippen LogP contribution < -0.4 is 9.80 Å². The minimum atomic E-state index is -0.315. The number of amides is 1. The van der Waals surface area contributed by atoms with Crippen molar-refractivity contribution in [1.29, 1.82) is 0 Å². The summed E-state index contributed by atoms with van der Waals surface area (Å²) in [6.07, 6.45) is 3.48. The summed E-state index contributed by atoms with van der Waals surface area (Å²) in [4.78, 5) is 27.8. The highest BCUT2D eigenvalue weighted by molar-refractivity contribution is 5.94. The average molecular weight is 442 g/mol. The molecule has 6 nitrogen and oxygen atoms in total. The van der Waals surface area contributed by atoms with Crippen molar-refractivity contribution in [1.82, 2.24) is 14.9 Å². The molecule has 1 saturated heterocycles. The first kappa shape index (κ1) is 22.7. The van der Waals surface area contributed by atoms with Gasteiger partial charge in [0, 0.05) is 44.3 Å². The fourth-order valence-electron chi connectivity index (χ4n) is 3.55. The van der Waals surface area contributed by atoms with Gasteiger partial charge in [-0.2, -0.15) is 0 Å². The molecule has 162 valence electrons. The molecule has 1 aromatic heterocycles. The van der Waals surface area contributed by atoms with Gasteiger partial charge in [0.2, 0.25) is 11.9 Å². The summed E-state index contributed by atoms with van der Waals surface area (Å²) in [5.74, 6) is 0.403. The topological polar surface area (TPSA) is 52.6 Å². The van der Waals surface area contributed by atoms with E-state index in [4.69, 9.17) is 0 Å². The molecule has 0 bridgehead atoms. The summed E-state index contributed by atoms with van der Waals surface area (Å²) in [5.41, 5.74) is 1.72. The van der Waals surface area contributed by atoms with Crippen LogP contribution in [0.4, 0.5) is 16.0 Å². The average Bonchev–Trinajstić information content (AvgIpc) is 2.80. The fourth-order valence-corrected chi connectivity index (χ4v) is 3.55. The molecule has 0 saturated carbocycles. The van der Waals surface area contributed by atoms with Crippen LogP contribution in [-0.2, 0) is 11.3 Å². The van der Waals surface area contributed by atoms with E-state index < -0.39 is 0 Å². The Morgan fingerprint density at radius 1 is 0.903 bits per heavy atom. The second-order valence-electron chi connectivity index (χ2n) is 7.25. The summed E-state index contributed by atoms with van der Waals surface area (Å²) in [6, 6.07) is 17.7. The first-order valence-electron chi connectivity index (χ1n) is 10.0. The SMILES string of the molecule is Cl.O=C(CN1CCN(c2ncccn2)CC1)N(Cc1ccccc1)c1ccc(F)cc1. The van der Waals surface area contributed by atoms with E-state index in [2.05, 4.69) is 19.8 Å². The zero-order chi connectivity index (χ0) is 20.8. The lowest BCUT2D eigenvalue weighted by Gasteiger charge is -2.35. The summed E-state index contributed by atoms with van der Waals surface area (Å²) in [5, 5.41) is 0. The van der Waals surface area contributed by atoms with E-state index in [-0.39, 0.29) is 24.1 Å². The Labute approximate surface area is 187 Å². The molecule has 0 atom stereocenters. The number of anilines is 2. The Bertz CT molecular complexity index is 951. The third-order valence-electron chi connectivity index (χ3n) is 5.19. The molecular weight excluding hydrogens is 417 g/mol. The molecule has 31 heavy (non-hydrogen) atoms. The van der Waals surface area contributed by atoms with E-state index >= 15 is 0 Å². The molecular formula is C23H25ClFN5O. The van der Waals surface area contributed by atoms with Crippen LogP contribution in [0, 0.1) is 5.82 Å². The predicted octanol–water partition coefficient (Wildman–Crippen LogP) is 3.39. The van der Waals surface area contributed by atoms with Crippen molar-refractivity contribution in [3.63, 3.8) is 0 Å². The zero-order valence-corrected chi connectivity index (χ0v) is 17.9. The smallest absolute Gasteiger partial charge is 0.241 e. The van der Waals surface area contributed by atoms with Crippen molar-refractivity contribution < 1.29 is 9.18 Å². The van der Waals surface area contributed by atoms with Gasteiger partial charge in [-0.05, 0) is 35.9 Å². The van der Waals surface area contributed by atoms with Crippen LogP contribution in [0.25, 0.3) is 0 Å². The van der Waals surface area contributed by atoms with Crippen LogP contribution >= 0.6 is 12.4 Å². The molecule has 1 amide bonds. The third-order valence-corrected chi connectivity index (χ3v) is 5.19. The maximum Gasteiger partial charge on any atom is 0.241 e. The number of carbonyl (C=O) groups excluding carboxylic acids is 1. The highest BCUT2D eigenvalue weighted by Gasteiger charge is 2.24. The van der Waals surface area contributed by atoms with Crippen molar-refractivity contribution in [3.8, 4) is 0 Å². The van der Waals surface area contributed by atoms with Gasteiger partial charge >= 0.3 is 0 Å². The van der Waals surface area contributed by atoms with Gasteiger partial charge in [0.25, 0.3) is 0 Å². The Morgan fingerprint density at radius 2 is 1.55 bits per heavy atom. The van der Waals surface area contributed by atoms with Gasteiger partial charge in [-0.3, -0.25) is 9.69 Å². The number of carbonyl (C=O) groups is 1. The van der Waals surface area contributed by atoms with Gasteiger partial charge < -0.3 is 9.80 Å². The predicted molar refractivity (Wildman–Crippen MR) is 122 cm³/mol. The standard InChI is InChI=1S/C23H24FN5O.ClH/c24-20-7-9-21(10-8-20)29(17-19-5-2-1-3-6-19)22(30)18-27-13-15-28(16-14-27)23-25-11-4-12-26-23;/h1-12H,13-18H2;1H. The van der Waals surface area contributed by atoms with E-state index in [0.29, 0.717) is 18.8 Å². The maximum absolute atomic E-state index is 13.4. The monoisotopic (exact) mass is 441 g/mol. The van der Waals surface area contributed by atoms with Crippen LogP contribution in [0.15, 0.2) is 73.1 Å². The molecule has 8 heteroatoms. The number of benzene rings is 2. The number of hydrogen-bond acceptors (Lipinski definition) is 5. The van der Waals surface area contributed by atoms with Crippen molar-refractivity contribution >= 4 is 29.9 Å². The minimum Gasteiger partial charge on any atom is -0.338 e. The Balaban J connectivity index is 0.00000272. The van der Waals surface area contributed by atoms with Gasteiger partial charge in [-0.1, -0.05) is 30.3 Å². The number of hydrogen-bond donors (Lipinski definition) is 0. The minimum absolute atomic E-state index is 0. The zero-order valence-electron chi connectivity index (χ0n) is 17.1. The first-order chi connectivity index (χ1) is 14.7. The molecule has 3 aromatic rings. The van der Waals surface area contributed by atoms with Gasteiger partial charge in [-0.15, -0.1) is 12.4 Å². The van der Waals surface area contributed by atoms with Crippen LogP contribution in [0.3, 0.4) is 0 Å². The molecule has 0 N–H and O–H groups in total. The normalized spacial score (nSPS) is 14.0. The van der Waals surface area contributed by atoms with E-state index in [1.807, 2.05) is 30.3 Å². The van der Waals surface area contributed by atoms with E-state index in [9.17, 15) is 9.18 Å². The van der Waals surface area contributed by atoms with Gasteiger partial charge in [0.15, 0.2) is 0 Å². The Morgan fingerprint density at radius 3 is 2.19 bits per heavy atom. The van der Waals surface area contributed by atoms with E-state index in [1.54, 1.807) is 35.5 Å². The molecule has 0 aliphatic carbocycles. The molecule has 1 aliphatic rings. The molecule has 2 heterocycles. The maximum atomic E-state index is 13.4. The number of aromatic nitrogens is 2. The molecule has 0 spiro atoms. The number of nitrogens with zero attached hydrogens (tertiary/aromatic N) is 5. The quantitative estimate of drug-likeness (QED) is 0.587. The van der Waals surface area contributed by atoms with Crippen LogP contribution in [0.2, 0.25) is 0 Å². The number of piperazine rings is 1. The van der Waals surface area contributed by atoms with Gasteiger partial charge in [0.05, 0.1) is 13.1 Å². The van der Waals surface area contributed by atoms with Gasteiger partial charge in [-0.25, -0.2) is 14.4 Å². The molecule has 1 aliphatic heterocycles. The highest BCUT2D eigenvalue weighted by Crippen LogP contribution is 2.19. The lowest BCUT2D eigenvalue weighted by Crippen LogP contribution is -2.50. The molecule has 2 aromatic carbocycles. The fraction of sp³-hybridized carbons (Fsp3) is 0.261. The Kier molecular flexibility index (Phi) is 7.92. The summed E-state index contributed by atoms with van der Waals surface area (Å²) < 4.78 is 13.4. The van der Waals surface area contributed by atoms with Gasteiger partial charge in [0.1, 0.15) is 5.82 Å². The summed E-state index contributed by atoms with van der Waals surface area (Å²) in [7, 11) is 0. The lowest BCUT2D eigenvalue weighted by atomic mass is 10.2. The van der Waals surface area contributed by atoms with E-state index in [1.165, 1.54) is 12.1 Å². The highest BCUT2D eigenvalue weighted by atomic mass is 35.5. The van der Waals surface area contributed by atoms with Crippen LogP contribution in [-0.4, -0.2) is 53.5 Å². The summed E-state index contributed by atoms with van der Waals surface area (Å²) in [6.45, 7) is 3.81. The largest absolute Gasteiger partial charge is 0.338 e. The Hall–Kier alpha value is -3.03. The lowest BCUT2D eigenvalue weighted by molar-refractivity contribution is -0.120. The second kappa shape index (κ2) is 10.8. The van der Waals surface area contributed by atoms with Crippen molar-refractivity contribution in [2.45, 2.75) is 6.54 Å². The van der Waals surface area contributed by atoms with E-state index in [0.717, 1.165) is 37.7 Å². The summed E-state index contributed by atoms with van der Waals surface area (Å²) >= 11 is 0. The first-order valence-corrected chi connectivity index (χ1v) is 10.0. The number of rotatable bonds is 6. The van der Waals surface area contributed by atoms with Crippen LogP contribution in [0.5, 0.6) is 0 Å². The van der Waals surface area contributed by atoms with Crippen molar-refractivity contribution in [3.05, 3.63) is 84.4 Å². The molecule has 1 fully saturated rings. The van der Waals surface area contributed by atoms with Crippen molar-refractivity contribution in [2.75, 3.05) is 42.5 Å². The molecule has 0 radical (unpaired) electrons. The second-order valence-corrected chi connectivity index (χ2v) is 7.25. The number of halogens is 2. The van der Waals surface area contributed by atoms with Crippen LogP contribution in [0.1, 0.15) is 5.56 Å². The molecule has 4 rings (SSSR count).